The highest BCUT2D eigenvalue weighted by atomic mass is 19.3. The summed E-state index contributed by atoms with van der Waals surface area (Å²) in [6, 6.07) is 7.76. The number of nitrogens with zero attached hydrogens (tertiary/aromatic N) is 1. The molecular weight excluding hydrogens is 341 g/mol. The number of hydrogen-bond acceptors (Lipinski definition) is 5. The second kappa shape index (κ2) is 6.88. The molecule has 0 amide bonds. The lowest BCUT2D eigenvalue weighted by Crippen LogP contribution is -2.21. The van der Waals surface area contributed by atoms with Crippen LogP contribution < -0.4 is 14.8 Å². The predicted molar refractivity (Wildman–Crippen MR) is 82.6 cm³/mol. The number of nitro benzene ring substituents is 1. The normalized spacial score (nSPS) is 16.1. The van der Waals surface area contributed by atoms with Crippen molar-refractivity contribution in [1.29, 1.82) is 0 Å². The van der Waals surface area contributed by atoms with Gasteiger partial charge in [0.1, 0.15) is 0 Å². The fourth-order valence-electron chi connectivity index (χ4n) is 2.68. The largest absolute Gasteiger partial charge is 0.490 e. The van der Waals surface area contributed by atoms with E-state index < -0.39 is 28.8 Å². The number of hydrogen-bond donors (Lipinski definition) is 1. The molecule has 0 saturated carbocycles. The van der Waals surface area contributed by atoms with E-state index in [4.69, 9.17) is 4.74 Å². The first kappa shape index (κ1) is 16.9. The van der Waals surface area contributed by atoms with E-state index in [-0.39, 0.29) is 18.4 Å². The summed E-state index contributed by atoms with van der Waals surface area (Å²) in [5.41, 5.74) is 0.355. The van der Waals surface area contributed by atoms with Crippen molar-refractivity contribution in [1.82, 2.24) is 0 Å². The second-order valence-electron chi connectivity index (χ2n) is 5.31. The molecule has 1 aliphatic rings. The molecule has 0 saturated heterocycles. The molecule has 0 spiro atoms. The maximum Gasteiger partial charge on any atom is 0.387 e. The average molecular weight is 354 g/mol. The van der Waals surface area contributed by atoms with E-state index in [0.717, 1.165) is 12.1 Å². The monoisotopic (exact) mass is 354 g/mol. The average Bonchev–Trinajstić information content (AvgIpc) is 2.55. The van der Waals surface area contributed by atoms with Gasteiger partial charge in [-0.25, -0.2) is 4.39 Å². The highest BCUT2D eigenvalue weighted by Crippen LogP contribution is 2.38. The number of anilines is 1. The van der Waals surface area contributed by atoms with Gasteiger partial charge < -0.3 is 14.8 Å². The molecule has 0 unspecified atom stereocenters. The zero-order valence-corrected chi connectivity index (χ0v) is 12.7. The SMILES string of the molecule is O=[N+]([O-])c1ccc(N[C@H]2CCOc3c(F)cccc32)cc1OC(F)F. The first-order valence-corrected chi connectivity index (χ1v) is 7.36. The van der Waals surface area contributed by atoms with Crippen LogP contribution >= 0.6 is 0 Å². The highest BCUT2D eigenvalue weighted by Gasteiger charge is 2.25. The lowest BCUT2D eigenvalue weighted by atomic mass is 10.00. The molecule has 2 aromatic carbocycles. The number of nitrogens with one attached hydrogen (secondary N) is 1. The third-order valence-corrected chi connectivity index (χ3v) is 3.74. The van der Waals surface area contributed by atoms with Crippen molar-refractivity contribution in [2.75, 3.05) is 11.9 Å². The summed E-state index contributed by atoms with van der Waals surface area (Å²) in [6.45, 7) is -2.91. The summed E-state index contributed by atoms with van der Waals surface area (Å²) in [7, 11) is 0. The van der Waals surface area contributed by atoms with Gasteiger partial charge in [-0.1, -0.05) is 12.1 Å². The second-order valence-corrected chi connectivity index (χ2v) is 5.31. The molecule has 2 aromatic rings. The number of para-hydroxylation sites is 1. The van der Waals surface area contributed by atoms with Crippen molar-refractivity contribution in [3.63, 3.8) is 0 Å². The van der Waals surface area contributed by atoms with Crippen LogP contribution in [0.3, 0.4) is 0 Å². The van der Waals surface area contributed by atoms with E-state index in [9.17, 15) is 23.3 Å². The number of fused-ring (bicyclic) bond motifs is 1. The van der Waals surface area contributed by atoms with E-state index in [2.05, 4.69) is 10.1 Å². The van der Waals surface area contributed by atoms with Crippen LogP contribution in [0.15, 0.2) is 36.4 Å². The van der Waals surface area contributed by atoms with E-state index in [1.54, 1.807) is 12.1 Å². The molecule has 0 fully saturated rings. The van der Waals surface area contributed by atoms with Gasteiger partial charge in [0.15, 0.2) is 11.6 Å². The summed E-state index contributed by atoms with van der Waals surface area (Å²) in [5, 5.41) is 14.0. The summed E-state index contributed by atoms with van der Waals surface area (Å²) in [5.74, 6) is -0.900. The lowest BCUT2D eigenvalue weighted by Gasteiger charge is -2.27. The molecule has 1 atom stereocenters. The minimum atomic E-state index is -3.19. The zero-order chi connectivity index (χ0) is 18.0. The van der Waals surface area contributed by atoms with Gasteiger partial charge in [0.05, 0.1) is 17.6 Å². The molecule has 9 heteroatoms. The van der Waals surface area contributed by atoms with Crippen molar-refractivity contribution in [3.8, 4) is 11.5 Å². The van der Waals surface area contributed by atoms with Gasteiger partial charge in [-0.15, -0.1) is 0 Å². The summed E-state index contributed by atoms with van der Waals surface area (Å²) >= 11 is 0. The minimum absolute atomic E-state index is 0.136. The molecule has 0 aliphatic carbocycles. The van der Waals surface area contributed by atoms with Crippen molar-refractivity contribution in [2.45, 2.75) is 19.1 Å². The standard InChI is InChI=1S/C16H13F3N2O4/c17-11-3-1-2-10-12(6-7-24-15(10)11)20-9-4-5-13(21(22)23)14(8-9)25-16(18)19/h1-5,8,12,16,20H,6-7H2/t12-/m0/s1. The molecule has 25 heavy (non-hydrogen) atoms. The Balaban J connectivity index is 1.89. The van der Waals surface area contributed by atoms with Gasteiger partial charge >= 0.3 is 12.3 Å². The first-order valence-electron chi connectivity index (χ1n) is 7.36. The van der Waals surface area contributed by atoms with Crippen LogP contribution in [0.25, 0.3) is 0 Å². The van der Waals surface area contributed by atoms with Gasteiger partial charge in [-0.2, -0.15) is 8.78 Å². The molecule has 0 radical (unpaired) electrons. The fraction of sp³-hybridized carbons (Fsp3) is 0.250. The number of rotatable bonds is 5. The van der Waals surface area contributed by atoms with Crippen LogP contribution in [0, 0.1) is 15.9 Å². The minimum Gasteiger partial charge on any atom is -0.490 e. The Morgan fingerprint density at radius 2 is 2.12 bits per heavy atom. The molecule has 3 rings (SSSR count). The number of alkyl halides is 2. The van der Waals surface area contributed by atoms with Crippen LogP contribution in [-0.2, 0) is 0 Å². The summed E-state index contributed by atoms with van der Waals surface area (Å²) in [4.78, 5) is 10.1. The molecular formula is C16H13F3N2O4. The molecule has 0 bridgehead atoms. The Hall–Kier alpha value is -2.97. The van der Waals surface area contributed by atoms with Gasteiger partial charge in [-0.05, 0) is 12.1 Å². The van der Waals surface area contributed by atoms with E-state index in [1.165, 1.54) is 12.1 Å². The Bertz CT molecular complexity index is 801. The number of ether oxygens (including phenoxy) is 2. The molecule has 132 valence electrons. The van der Waals surface area contributed by atoms with E-state index in [0.29, 0.717) is 17.7 Å². The zero-order valence-electron chi connectivity index (χ0n) is 12.7. The van der Waals surface area contributed by atoms with Crippen LogP contribution in [0.5, 0.6) is 11.5 Å². The van der Waals surface area contributed by atoms with Crippen LogP contribution in [0.2, 0.25) is 0 Å². The van der Waals surface area contributed by atoms with Crippen LogP contribution in [-0.4, -0.2) is 18.1 Å². The quantitative estimate of drug-likeness (QED) is 0.641. The first-order chi connectivity index (χ1) is 12.0. The van der Waals surface area contributed by atoms with Gasteiger partial charge in [-0.3, -0.25) is 10.1 Å². The van der Waals surface area contributed by atoms with Crippen LogP contribution in [0.4, 0.5) is 24.5 Å². The number of benzene rings is 2. The van der Waals surface area contributed by atoms with Gasteiger partial charge in [0, 0.05) is 29.8 Å². The van der Waals surface area contributed by atoms with Crippen molar-refractivity contribution >= 4 is 11.4 Å². The Morgan fingerprint density at radius 1 is 1.32 bits per heavy atom. The van der Waals surface area contributed by atoms with Gasteiger partial charge in [0.2, 0.25) is 5.75 Å². The molecule has 6 nitrogen and oxygen atoms in total. The topological polar surface area (TPSA) is 73.6 Å². The molecule has 1 heterocycles. The van der Waals surface area contributed by atoms with Gasteiger partial charge in [0.25, 0.3) is 0 Å². The Morgan fingerprint density at radius 3 is 2.84 bits per heavy atom. The fourth-order valence-corrected chi connectivity index (χ4v) is 2.68. The summed E-state index contributed by atoms with van der Waals surface area (Å²) < 4.78 is 48.3. The molecule has 0 aromatic heterocycles. The maximum atomic E-state index is 13.8. The number of nitro groups is 1. The predicted octanol–water partition coefficient (Wildman–Crippen LogP) is 4.27. The highest BCUT2D eigenvalue weighted by molar-refractivity contribution is 5.59. The Labute approximate surface area is 140 Å². The third kappa shape index (κ3) is 3.59. The van der Waals surface area contributed by atoms with Crippen LogP contribution in [0.1, 0.15) is 18.0 Å². The van der Waals surface area contributed by atoms with E-state index >= 15 is 0 Å². The summed E-state index contributed by atoms with van der Waals surface area (Å²) in [6.07, 6.45) is 0.512. The lowest BCUT2D eigenvalue weighted by molar-refractivity contribution is -0.386. The number of halogens is 3. The third-order valence-electron chi connectivity index (χ3n) is 3.74. The Kier molecular flexibility index (Phi) is 4.64. The smallest absolute Gasteiger partial charge is 0.387 e. The van der Waals surface area contributed by atoms with Crippen molar-refractivity contribution < 1.29 is 27.6 Å². The van der Waals surface area contributed by atoms with E-state index in [1.807, 2.05) is 0 Å². The van der Waals surface area contributed by atoms with Crippen molar-refractivity contribution in [3.05, 3.63) is 57.9 Å². The maximum absolute atomic E-state index is 13.8. The molecule has 1 aliphatic heterocycles. The molecule has 1 N–H and O–H groups in total. The van der Waals surface area contributed by atoms with Crippen molar-refractivity contribution in [2.24, 2.45) is 0 Å².